The number of rotatable bonds is 2. The quantitative estimate of drug-likeness (QED) is 0.834. The van der Waals surface area contributed by atoms with E-state index in [2.05, 4.69) is 12.2 Å². The van der Waals surface area contributed by atoms with Gasteiger partial charge in [-0.3, -0.25) is 4.79 Å². The molecule has 1 amide bonds. The Morgan fingerprint density at radius 1 is 1.47 bits per heavy atom. The molecule has 0 aromatic heterocycles. The second-order valence-electron chi connectivity index (χ2n) is 5.72. The van der Waals surface area contributed by atoms with E-state index in [9.17, 15) is 9.90 Å². The lowest BCUT2D eigenvalue weighted by Gasteiger charge is -2.24. The van der Waals surface area contributed by atoms with Crippen molar-refractivity contribution in [1.82, 2.24) is 10.2 Å². The summed E-state index contributed by atoms with van der Waals surface area (Å²) in [5, 5.41) is 12.8. The molecule has 1 aromatic carbocycles. The molecule has 102 valence electrons. The van der Waals surface area contributed by atoms with Crippen LogP contribution in [0.25, 0.3) is 0 Å². The molecule has 1 aromatic rings. The Morgan fingerprint density at radius 2 is 2.32 bits per heavy atom. The molecule has 0 aliphatic carbocycles. The van der Waals surface area contributed by atoms with E-state index >= 15 is 0 Å². The summed E-state index contributed by atoms with van der Waals surface area (Å²) in [6.07, 6.45) is 0.381. The maximum Gasteiger partial charge on any atom is 0.227 e. The van der Waals surface area contributed by atoms with E-state index in [-0.39, 0.29) is 11.7 Å². The first-order chi connectivity index (χ1) is 9.15. The second-order valence-corrected chi connectivity index (χ2v) is 5.72. The second kappa shape index (κ2) is 4.85. The fraction of sp³-hybridized carbons (Fsp3) is 0.533. The first kappa shape index (κ1) is 12.5. The van der Waals surface area contributed by atoms with Crippen molar-refractivity contribution < 1.29 is 9.90 Å². The molecular weight excluding hydrogens is 240 g/mol. The first-order valence-corrected chi connectivity index (χ1v) is 6.93. The largest absolute Gasteiger partial charge is 0.508 e. The lowest BCUT2D eigenvalue weighted by Crippen LogP contribution is -2.38. The van der Waals surface area contributed by atoms with Crippen molar-refractivity contribution in [2.75, 3.05) is 19.6 Å². The van der Waals surface area contributed by atoms with Crippen molar-refractivity contribution in [3.63, 3.8) is 0 Å². The molecule has 0 saturated carbocycles. The smallest absolute Gasteiger partial charge is 0.227 e. The summed E-state index contributed by atoms with van der Waals surface area (Å²) < 4.78 is 0. The first-order valence-electron chi connectivity index (χ1n) is 6.93. The van der Waals surface area contributed by atoms with Crippen molar-refractivity contribution >= 4 is 5.91 Å². The van der Waals surface area contributed by atoms with Crippen LogP contribution in [-0.2, 0) is 11.2 Å². The summed E-state index contributed by atoms with van der Waals surface area (Å²) in [5.74, 6) is 1.62. The van der Waals surface area contributed by atoms with Gasteiger partial charge < -0.3 is 15.3 Å². The molecule has 2 aliphatic heterocycles. The fourth-order valence-corrected chi connectivity index (χ4v) is 3.44. The van der Waals surface area contributed by atoms with Crippen LogP contribution >= 0.6 is 0 Å². The van der Waals surface area contributed by atoms with Crippen LogP contribution in [0.1, 0.15) is 12.5 Å². The number of nitrogens with one attached hydrogen (secondary N) is 1. The van der Waals surface area contributed by atoms with Crippen LogP contribution < -0.4 is 5.32 Å². The maximum absolute atomic E-state index is 12.4. The van der Waals surface area contributed by atoms with Crippen molar-refractivity contribution in [3.8, 4) is 5.75 Å². The predicted octanol–water partition coefficient (Wildman–Crippen LogP) is 1.00. The number of amides is 1. The third-order valence-corrected chi connectivity index (χ3v) is 4.52. The summed E-state index contributed by atoms with van der Waals surface area (Å²) in [5.41, 5.74) is 0.882. The van der Waals surface area contributed by atoms with Crippen LogP contribution in [0.2, 0.25) is 0 Å². The molecule has 0 radical (unpaired) electrons. The molecule has 2 heterocycles. The van der Waals surface area contributed by atoms with Crippen molar-refractivity contribution in [3.05, 3.63) is 29.8 Å². The Labute approximate surface area is 113 Å². The van der Waals surface area contributed by atoms with Gasteiger partial charge in [-0.1, -0.05) is 12.1 Å². The molecule has 0 bridgehead atoms. The van der Waals surface area contributed by atoms with E-state index in [0.29, 0.717) is 24.3 Å². The molecule has 4 heteroatoms. The number of hydrogen-bond donors (Lipinski definition) is 2. The standard InChI is InChI=1S/C15H20N2O2/c1-10-14-8-16-7-12(14)9-17(10)15(19)6-11-3-2-4-13(18)5-11/h2-5,10,12,14,16,18H,6-9H2,1H3. The number of phenols is 1. The van der Waals surface area contributed by atoms with E-state index in [1.165, 1.54) is 0 Å². The Hall–Kier alpha value is -1.55. The van der Waals surface area contributed by atoms with Gasteiger partial charge in [0.15, 0.2) is 0 Å². The van der Waals surface area contributed by atoms with E-state index in [1.807, 2.05) is 11.0 Å². The molecule has 0 spiro atoms. The number of phenolic OH excluding ortho intramolecular Hbond substituents is 1. The third-order valence-electron chi connectivity index (χ3n) is 4.52. The van der Waals surface area contributed by atoms with Gasteiger partial charge in [0.25, 0.3) is 0 Å². The average molecular weight is 260 g/mol. The van der Waals surface area contributed by atoms with Crippen LogP contribution in [0.15, 0.2) is 24.3 Å². The van der Waals surface area contributed by atoms with Crippen LogP contribution in [-0.4, -0.2) is 41.6 Å². The van der Waals surface area contributed by atoms with E-state index < -0.39 is 0 Å². The van der Waals surface area contributed by atoms with Crippen molar-refractivity contribution in [2.24, 2.45) is 11.8 Å². The summed E-state index contributed by atoms with van der Waals surface area (Å²) in [7, 11) is 0. The molecular formula is C15H20N2O2. The zero-order valence-electron chi connectivity index (χ0n) is 11.2. The molecule has 3 atom stereocenters. The number of benzene rings is 1. The van der Waals surface area contributed by atoms with Crippen LogP contribution in [0.5, 0.6) is 5.75 Å². The van der Waals surface area contributed by atoms with Gasteiger partial charge >= 0.3 is 0 Å². The van der Waals surface area contributed by atoms with Crippen molar-refractivity contribution in [2.45, 2.75) is 19.4 Å². The molecule has 2 saturated heterocycles. The molecule has 4 nitrogen and oxygen atoms in total. The highest BCUT2D eigenvalue weighted by Gasteiger charge is 2.43. The highest BCUT2D eigenvalue weighted by molar-refractivity contribution is 5.79. The monoisotopic (exact) mass is 260 g/mol. The SMILES string of the molecule is CC1C2CNCC2CN1C(=O)Cc1cccc(O)c1. The number of carbonyl (C=O) groups is 1. The van der Waals surface area contributed by atoms with E-state index in [0.717, 1.165) is 25.2 Å². The van der Waals surface area contributed by atoms with Gasteiger partial charge in [-0.2, -0.15) is 0 Å². The predicted molar refractivity (Wildman–Crippen MR) is 72.8 cm³/mol. The minimum Gasteiger partial charge on any atom is -0.508 e. The van der Waals surface area contributed by atoms with Gasteiger partial charge in [-0.05, 0) is 36.5 Å². The minimum absolute atomic E-state index is 0.174. The molecule has 19 heavy (non-hydrogen) atoms. The number of fused-ring (bicyclic) bond motifs is 1. The Morgan fingerprint density at radius 3 is 3.05 bits per heavy atom. The molecule has 2 fully saturated rings. The normalized spacial score (nSPS) is 29.5. The maximum atomic E-state index is 12.4. The number of aromatic hydroxyl groups is 1. The Bertz CT molecular complexity index is 489. The van der Waals surface area contributed by atoms with Crippen molar-refractivity contribution in [1.29, 1.82) is 0 Å². The lowest BCUT2D eigenvalue weighted by molar-refractivity contribution is -0.131. The fourth-order valence-electron chi connectivity index (χ4n) is 3.44. The molecule has 3 rings (SSSR count). The van der Waals surface area contributed by atoms with Gasteiger partial charge in [0, 0.05) is 25.7 Å². The summed E-state index contributed by atoms with van der Waals surface area (Å²) in [6, 6.07) is 7.29. The van der Waals surface area contributed by atoms with Gasteiger partial charge in [0.05, 0.1) is 6.42 Å². The topological polar surface area (TPSA) is 52.6 Å². The minimum atomic E-state index is 0.174. The lowest BCUT2D eigenvalue weighted by atomic mass is 9.95. The number of likely N-dealkylation sites (tertiary alicyclic amines) is 1. The number of hydrogen-bond acceptors (Lipinski definition) is 3. The zero-order chi connectivity index (χ0) is 13.4. The van der Waals surface area contributed by atoms with Gasteiger partial charge in [-0.25, -0.2) is 0 Å². The van der Waals surface area contributed by atoms with Crippen LogP contribution in [0.3, 0.4) is 0 Å². The zero-order valence-corrected chi connectivity index (χ0v) is 11.2. The Balaban J connectivity index is 1.68. The molecule has 2 N–H and O–H groups in total. The summed E-state index contributed by atoms with van der Waals surface area (Å²) in [6.45, 7) is 5.08. The van der Waals surface area contributed by atoms with E-state index in [4.69, 9.17) is 0 Å². The molecule has 2 aliphatic rings. The number of nitrogens with zero attached hydrogens (tertiary/aromatic N) is 1. The summed E-state index contributed by atoms with van der Waals surface area (Å²) in [4.78, 5) is 14.4. The highest BCUT2D eigenvalue weighted by atomic mass is 16.3. The third kappa shape index (κ3) is 2.32. The Kier molecular flexibility index (Phi) is 3.19. The highest BCUT2D eigenvalue weighted by Crippen LogP contribution is 2.32. The van der Waals surface area contributed by atoms with Gasteiger partial charge in [0.2, 0.25) is 5.91 Å². The van der Waals surface area contributed by atoms with Crippen LogP contribution in [0.4, 0.5) is 0 Å². The number of carbonyl (C=O) groups excluding carboxylic acids is 1. The van der Waals surface area contributed by atoms with Crippen LogP contribution in [0, 0.1) is 11.8 Å². The average Bonchev–Trinajstić information content (AvgIpc) is 2.93. The molecule has 3 unspecified atom stereocenters. The van der Waals surface area contributed by atoms with Gasteiger partial charge in [-0.15, -0.1) is 0 Å². The van der Waals surface area contributed by atoms with Gasteiger partial charge in [0.1, 0.15) is 5.75 Å². The summed E-state index contributed by atoms with van der Waals surface area (Å²) >= 11 is 0. The van der Waals surface area contributed by atoms with E-state index in [1.54, 1.807) is 18.2 Å².